The van der Waals surface area contributed by atoms with Crippen LogP contribution in [0.1, 0.15) is 5.56 Å². The molecule has 3 aromatic carbocycles. The first-order chi connectivity index (χ1) is 15.1. The van der Waals surface area contributed by atoms with Crippen molar-refractivity contribution in [3.05, 3.63) is 84.2 Å². The van der Waals surface area contributed by atoms with Crippen molar-refractivity contribution < 1.29 is 18.7 Å². The summed E-state index contributed by atoms with van der Waals surface area (Å²) in [5.74, 6) is 0.543. The molecule has 4 aromatic rings. The van der Waals surface area contributed by atoms with E-state index in [1.807, 2.05) is 24.3 Å². The molecule has 0 saturated carbocycles. The Kier molecular flexibility index (Phi) is 5.95. The van der Waals surface area contributed by atoms with Gasteiger partial charge in [0, 0.05) is 17.7 Å². The molecule has 0 atom stereocenters. The Morgan fingerprint density at radius 3 is 2.52 bits per heavy atom. The number of halogens is 1. The molecule has 1 amide bonds. The summed E-state index contributed by atoms with van der Waals surface area (Å²) in [6, 6.07) is 18.7. The summed E-state index contributed by atoms with van der Waals surface area (Å²) in [5, 5.41) is 0.504. The van der Waals surface area contributed by atoms with Crippen molar-refractivity contribution in [3.8, 4) is 11.5 Å². The summed E-state index contributed by atoms with van der Waals surface area (Å²) >= 11 is 1.39. The quantitative estimate of drug-likeness (QED) is 0.358. The number of aromatic nitrogens is 1. The first kappa shape index (κ1) is 20.6. The van der Waals surface area contributed by atoms with Crippen molar-refractivity contribution in [1.29, 1.82) is 0 Å². The van der Waals surface area contributed by atoms with E-state index in [9.17, 15) is 9.18 Å². The lowest BCUT2D eigenvalue weighted by Gasteiger charge is -2.18. The summed E-state index contributed by atoms with van der Waals surface area (Å²) in [6.45, 7) is 0. The molecule has 0 saturated heterocycles. The molecule has 1 aromatic heterocycles. The number of methoxy groups -OCH3 is 2. The first-order valence-corrected chi connectivity index (χ1v) is 10.3. The van der Waals surface area contributed by atoms with Crippen molar-refractivity contribution in [1.82, 2.24) is 4.98 Å². The molecule has 0 unspecified atom stereocenters. The van der Waals surface area contributed by atoms with Gasteiger partial charge in [-0.05, 0) is 54.6 Å². The highest BCUT2D eigenvalue weighted by atomic mass is 32.1. The van der Waals surface area contributed by atoms with E-state index in [0.717, 1.165) is 15.8 Å². The van der Waals surface area contributed by atoms with Crippen LogP contribution in [0.15, 0.2) is 72.8 Å². The van der Waals surface area contributed by atoms with Crippen LogP contribution in [0.4, 0.5) is 15.2 Å². The van der Waals surface area contributed by atoms with Gasteiger partial charge in [-0.3, -0.25) is 9.69 Å². The third-order valence-electron chi connectivity index (χ3n) is 4.63. The van der Waals surface area contributed by atoms with Gasteiger partial charge in [-0.2, -0.15) is 0 Å². The smallest absolute Gasteiger partial charge is 0.257 e. The number of hydrogen-bond acceptors (Lipinski definition) is 5. The molecule has 5 nitrogen and oxygen atoms in total. The Balaban J connectivity index is 1.72. The van der Waals surface area contributed by atoms with Crippen LogP contribution in [-0.4, -0.2) is 25.1 Å². The summed E-state index contributed by atoms with van der Waals surface area (Å²) in [6.07, 6.45) is 3.12. The van der Waals surface area contributed by atoms with Crippen LogP contribution in [0.3, 0.4) is 0 Å². The fraction of sp³-hybridized carbons (Fsp3) is 0.0833. The van der Waals surface area contributed by atoms with Gasteiger partial charge in [0.05, 0.1) is 30.1 Å². The van der Waals surface area contributed by atoms with E-state index < -0.39 is 0 Å². The first-order valence-electron chi connectivity index (χ1n) is 9.44. The van der Waals surface area contributed by atoms with Crippen molar-refractivity contribution in [2.24, 2.45) is 0 Å². The van der Waals surface area contributed by atoms with Crippen LogP contribution in [-0.2, 0) is 4.79 Å². The lowest BCUT2D eigenvalue weighted by atomic mass is 10.1. The van der Waals surface area contributed by atoms with Crippen LogP contribution in [0.2, 0.25) is 0 Å². The Morgan fingerprint density at radius 1 is 1.03 bits per heavy atom. The van der Waals surface area contributed by atoms with Crippen molar-refractivity contribution in [2.75, 3.05) is 19.1 Å². The molecule has 1 heterocycles. The summed E-state index contributed by atoms with van der Waals surface area (Å²) in [5.41, 5.74) is 2.04. The van der Waals surface area contributed by atoms with Gasteiger partial charge in [0.15, 0.2) is 5.13 Å². The van der Waals surface area contributed by atoms with E-state index in [4.69, 9.17) is 9.47 Å². The fourth-order valence-corrected chi connectivity index (χ4v) is 4.06. The van der Waals surface area contributed by atoms with E-state index in [0.29, 0.717) is 22.3 Å². The van der Waals surface area contributed by atoms with E-state index in [1.165, 1.54) is 34.4 Å². The zero-order chi connectivity index (χ0) is 21.8. The molecular weight excluding hydrogens is 415 g/mol. The molecular formula is C24H19FN2O3S. The maximum atomic E-state index is 13.5. The number of nitrogens with zero attached hydrogens (tertiary/aromatic N) is 2. The standard InChI is InChI=1S/C24H19FN2O3S/c1-29-19-13-7-16(21(15-19)30-2)8-14-23(28)27(18-11-9-17(25)10-12-18)24-26-20-5-3-4-6-22(20)31-24/h3-15H,1-2H3/b14-8+. The summed E-state index contributed by atoms with van der Waals surface area (Å²) in [7, 11) is 3.13. The Bertz CT molecular complexity index is 1220. The number of amides is 1. The third-order valence-corrected chi connectivity index (χ3v) is 5.65. The third kappa shape index (κ3) is 4.41. The van der Waals surface area contributed by atoms with Crippen LogP contribution in [0, 0.1) is 5.82 Å². The second kappa shape index (κ2) is 8.97. The van der Waals surface area contributed by atoms with Crippen molar-refractivity contribution in [3.63, 3.8) is 0 Å². The number of benzene rings is 3. The van der Waals surface area contributed by atoms with Gasteiger partial charge < -0.3 is 9.47 Å². The molecule has 0 aliphatic carbocycles. The number of anilines is 2. The predicted molar refractivity (Wildman–Crippen MR) is 122 cm³/mol. The Hall–Kier alpha value is -3.71. The van der Waals surface area contributed by atoms with Gasteiger partial charge in [0.1, 0.15) is 17.3 Å². The SMILES string of the molecule is COc1ccc(/C=C/C(=O)N(c2ccc(F)cc2)c2nc3ccccc3s2)c(OC)c1. The molecule has 7 heteroatoms. The number of thiazole rings is 1. The molecule has 0 radical (unpaired) electrons. The minimum atomic E-state index is -0.376. The van der Waals surface area contributed by atoms with Gasteiger partial charge in [-0.15, -0.1) is 0 Å². The summed E-state index contributed by atoms with van der Waals surface area (Å²) in [4.78, 5) is 19.3. The predicted octanol–water partition coefficient (Wildman–Crippen LogP) is 5.83. The molecule has 4 rings (SSSR count). The maximum absolute atomic E-state index is 13.5. The number of fused-ring (bicyclic) bond motifs is 1. The average Bonchev–Trinajstić information content (AvgIpc) is 3.22. The molecule has 0 aliphatic heterocycles. The zero-order valence-electron chi connectivity index (χ0n) is 16.9. The van der Waals surface area contributed by atoms with Gasteiger partial charge in [0.2, 0.25) is 0 Å². The van der Waals surface area contributed by atoms with E-state index >= 15 is 0 Å². The zero-order valence-corrected chi connectivity index (χ0v) is 17.7. The molecule has 31 heavy (non-hydrogen) atoms. The highest BCUT2D eigenvalue weighted by Gasteiger charge is 2.20. The van der Waals surface area contributed by atoms with Crippen LogP contribution in [0.25, 0.3) is 16.3 Å². The van der Waals surface area contributed by atoms with Crippen LogP contribution in [0.5, 0.6) is 11.5 Å². The molecule has 0 aliphatic rings. The summed E-state index contributed by atoms with van der Waals surface area (Å²) < 4.78 is 25.0. The maximum Gasteiger partial charge on any atom is 0.257 e. The van der Waals surface area contributed by atoms with Gasteiger partial charge >= 0.3 is 0 Å². The number of ether oxygens (including phenoxy) is 2. The normalized spacial score (nSPS) is 11.1. The lowest BCUT2D eigenvalue weighted by molar-refractivity contribution is -0.113. The average molecular weight is 434 g/mol. The molecule has 0 bridgehead atoms. The highest BCUT2D eigenvalue weighted by molar-refractivity contribution is 7.22. The second-order valence-electron chi connectivity index (χ2n) is 6.56. The van der Waals surface area contributed by atoms with E-state index in [1.54, 1.807) is 50.6 Å². The van der Waals surface area contributed by atoms with E-state index in [2.05, 4.69) is 4.98 Å². The molecule has 156 valence electrons. The van der Waals surface area contributed by atoms with Gasteiger partial charge in [0.25, 0.3) is 5.91 Å². The van der Waals surface area contributed by atoms with Gasteiger partial charge in [-0.1, -0.05) is 23.5 Å². The second-order valence-corrected chi connectivity index (χ2v) is 7.56. The number of hydrogen-bond donors (Lipinski definition) is 0. The minimum absolute atomic E-state index is 0.316. The topological polar surface area (TPSA) is 51.7 Å². The molecule has 0 fully saturated rings. The van der Waals surface area contributed by atoms with E-state index in [-0.39, 0.29) is 11.7 Å². The molecule has 0 spiro atoms. The largest absolute Gasteiger partial charge is 0.497 e. The van der Waals surface area contributed by atoms with Crippen LogP contribution < -0.4 is 14.4 Å². The molecule has 0 N–H and O–H groups in total. The lowest BCUT2D eigenvalue weighted by Crippen LogP contribution is -2.23. The number of para-hydroxylation sites is 1. The van der Waals surface area contributed by atoms with Crippen molar-refractivity contribution in [2.45, 2.75) is 0 Å². The number of carbonyl (C=O) groups is 1. The monoisotopic (exact) mass is 434 g/mol. The Morgan fingerprint density at radius 2 is 1.81 bits per heavy atom. The van der Waals surface area contributed by atoms with Crippen LogP contribution >= 0.6 is 11.3 Å². The number of rotatable bonds is 6. The number of carbonyl (C=O) groups excluding carboxylic acids is 1. The van der Waals surface area contributed by atoms with Crippen molar-refractivity contribution >= 4 is 44.4 Å². The highest BCUT2D eigenvalue weighted by Crippen LogP contribution is 2.34. The van der Waals surface area contributed by atoms with Gasteiger partial charge in [-0.25, -0.2) is 9.37 Å². The minimum Gasteiger partial charge on any atom is -0.497 e. The fourth-order valence-electron chi connectivity index (χ4n) is 3.07. The Labute approximate surface area is 183 Å².